The molecule has 26 heavy (non-hydrogen) atoms. The van der Waals surface area contributed by atoms with Gasteiger partial charge in [0.1, 0.15) is 5.75 Å². The molecule has 1 heterocycles. The predicted molar refractivity (Wildman–Crippen MR) is 107 cm³/mol. The lowest BCUT2D eigenvalue weighted by molar-refractivity contribution is 0.227. The van der Waals surface area contributed by atoms with Crippen LogP contribution in [0.15, 0.2) is 66.5 Å². The summed E-state index contributed by atoms with van der Waals surface area (Å²) in [5, 5.41) is 13.0. The highest BCUT2D eigenvalue weighted by atomic mass is 16.3. The fourth-order valence-corrected chi connectivity index (χ4v) is 3.58. The van der Waals surface area contributed by atoms with Crippen molar-refractivity contribution in [3.8, 4) is 5.75 Å². The molecule has 1 saturated heterocycles. The third-order valence-corrected chi connectivity index (χ3v) is 5.15. The molecular formula is C22H29N3O. The second-order valence-corrected chi connectivity index (χ2v) is 7.16. The Bertz CT molecular complexity index is 721. The molecule has 0 saturated carbocycles. The lowest BCUT2D eigenvalue weighted by atomic mass is 9.89. The molecule has 1 aliphatic heterocycles. The quantitative estimate of drug-likeness (QED) is 0.742. The van der Waals surface area contributed by atoms with E-state index in [9.17, 15) is 5.11 Å². The van der Waals surface area contributed by atoms with Crippen molar-refractivity contribution >= 4 is 0 Å². The molecular weight excluding hydrogens is 322 g/mol. The Morgan fingerprint density at radius 3 is 2.62 bits per heavy atom. The number of phenols is 1. The zero-order chi connectivity index (χ0) is 18.4. The molecule has 0 aliphatic carbocycles. The summed E-state index contributed by atoms with van der Waals surface area (Å²) in [6.45, 7) is 4.99. The Labute approximate surface area is 156 Å². The lowest BCUT2D eigenvalue weighted by Crippen LogP contribution is -2.36. The van der Waals surface area contributed by atoms with Crippen LogP contribution in [-0.2, 0) is 0 Å². The maximum absolute atomic E-state index is 9.66. The van der Waals surface area contributed by atoms with Gasteiger partial charge in [0.15, 0.2) is 0 Å². The first-order valence-electron chi connectivity index (χ1n) is 9.38. The smallest absolute Gasteiger partial charge is 0.115 e. The van der Waals surface area contributed by atoms with Crippen molar-refractivity contribution in [2.24, 2.45) is 5.73 Å². The number of rotatable bonds is 6. The van der Waals surface area contributed by atoms with Crippen LogP contribution in [0.1, 0.15) is 42.9 Å². The average Bonchev–Trinajstić information content (AvgIpc) is 2.67. The zero-order valence-electron chi connectivity index (χ0n) is 15.4. The number of hydrogen-bond donors (Lipinski definition) is 3. The Morgan fingerprint density at radius 1 is 1.19 bits per heavy atom. The monoisotopic (exact) mass is 351 g/mol. The normalized spacial score (nSPS) is 17.8. The molecule has 1 aliphatic rings. The standard InChI is InChI=1S/C22H29N3O/c1-17(18-6-3-2-4-7-18)24-15-21(23)16-25-12-10-19(11-13-25)20-8-5-9-22(26)14-20/h2-9,14-15,17,19,24,26H,10-13,16,23H2,1H3/b21-15-. The molecule has 2 aromatic rings. The molecule has 0 radical (unpaired) electrons. The zero-order valence-corrected chi connectivity index (χ0v) is 15.4. The SMILES string of the molecule is CC(N/C=C(\N)CN1CCC(c2cccc(O)c2)CC1)c1ccccc1. The molecule has 138 valence electrons. The van der Waals surface area contributed by atoms with Crippen LogP contribution in [0, 0.1) is 0 Å². The third kappa shape index (κ3) is 5.02. The van der Waals surface area contributed by atoms with E-state index in [0.29, 0.717) is 11.7 Å². The first kappa shape index (κ1) is 18.3. The van der Waals surface area contributed by atoms with Gasteiger partial charge >= 0.3 is 0 Å². The highest BCUT2D eigenvalue weighted by Crippen LogP contribution is 2.29. The third-order valence-electron chi connectivity index (χ3n) is 5.15. The van der Waals surface area contributed by atoms with Crippen LogP contribution >= 0.6 is 0 Å². The lowest BCUT2D eigenvalue weighted by Gasteiger charge is -2.32. The van der Waals surface area contributed by atoms with Crippen LogP contribution in [0.2, 0.25) is 0 Å². The van der Waals surface area contributed by atoms with Gasteiger partial charge in [-0.25, -0.2) is 0 Å². The van der Waals surface area contributed by atoms with Crippen molar-refractivity contribution in [2.45, 2.75) is 31.7 Å². The first-order chi connectivity index (χ1) is 12.6. The summed E-state index contributed by atoms with van der Waals surface area (Å²) in [5.41, 5.74) is 9.58. The van der Waals surface area contributed by atoms with Gasteiger partial charge in [0.25, 0.3) is 0 Å². The molecule has 1 fully saturated rings. The van der Waals surface area contributed by atoms with Gasteiger partial charge in [0.05, 0.1) is 0 Å². The van der Waals surface area contributed by atoms with Crippen molar-refractivity contribution in [3.05, 3.63) is 77.6 Å². The molecule has 3 rings (SSSR count). The van der Waals surface area contributed by atoms with Gasteiger partial charge < -0.3 is 16.2 Å². The van der Waals surface area contributed by atoms with E-state index in [1.807, 2.05) is 24.4 Å². The Balaban J connectivity index is 1.46. The Hall–Kier alpha value is -2.46. The topological polar surface area (TPSA) is 61.5 Å². The average molecular weight is 351 g/mol. The van der Waals surface area contributed by atoms with Crippen LogP contribution < -0.4 is 11.1 Å². The molecule has 0 amide bonds. The molecule has 0 spiro atoms. The number of nitrogens with zero attached hydrogens (tertiary/aromatic N) is 1. The maximum Gasteiger partial charge on any atom is 0.115 e. The molecule has 4 heteroatoms. The number of nitrogens with one attached hydrogen (secondary N) is 1. The van der Waals surface area contributed by atoms with Crippen LogP contribution in [0.4, 0.5) is 0 Å². The van der Waals surface area contributed by atoms with Crippen molar-refractivity contribution in [3.63, 3.8) is 0 Å². The van der Waals surface area contributed by atoms with Crippen LogP contribution in [0.25, 0.3) is 0 Å². The number of likely N-dealkylation sites (tertiary alicyclic amines) is 1. The highest BCUT2D eigenvalue weighted by Gasteiger charge is 2.21. The molecule has 4 nitrogen and oxygen atoms in total. The van der Waals surface area contributed by atoms with Crippen LogP contribution in [0.5, 0.6) is 5.75 Å². The summed E-state index contributed by atoms with van der Waals surface area (Å²) in [7, 11) is 0. The molecule has 0 bridgehead atoms. The summed E-state index contributed by atoms with van der Waals surface area (Å²) in [6.07, 6.45) is 4.15. The minimum Gasteiger partial charge on any atom is -0.508 e. The fourth-order valence-electron chi connectivity index (χ4n) is 3.58. The van der Waals surface area contributed by atoms with E-state index in [0.717, 1.165) is 38.2 Å². The van der Waals surface area contributed by atoms with Gasteiger partial charge in [0.2, 0.25) is 0 Å². The minimum atomic E-state index is 0.242. The Kier molecular flexibility index (Phi) is 6.18. The maximum atomic E-state index is 9.66. The summed E-state index contributed by atoms with van der Waals surface area (Å²) < 4.78 is 0. The second kappa shape index (κ2) is 8.77. The van der Waals surface area contributed by atoms with Crippen LogP contribution in [0.3, 0.4) is 0 Å². The molecule has 4 N–H and O–H groups in total. The summed E-state index contributed by atoms with van der Waals surface area (Å²) in [5.74, 6) is 0.885. The number of hydrogen-bond acceptors (Lipinski definition) is 4. The van der Waals surface area contributed by atoms with Crippen LogP contribution in [-0.4, -0.2) is 29.6 Å². The number of nitrogens with two attached hydrogens (primary N) is 1. The van der Waals surface area contributed by atoms with Gasteiger partial charge in [-0.15, -0.1) is 0 Å². The second-order valence-electron chi connectivity index (χ2n) is 7.16. The van der Waals surface area contributed by atoms with Crippen molar-refractivity contribution < 1.29 is 5.11 Å². The molecule has 0 aromatic heterocycles. The summed E-state index contributed by atoms with van der Waals surface area (Å²) in [4.78, 5) is 2.40. The number of benzene rings is 2. The largest absolute Gasteiger partial charge is 0.508 e. The van der Waals surface area contributed by atoms with Gasteiger partial charge in [0, 0.05) is 24.5 Å². The Morgan fingerprint density at radius 2 is 1.92 bits per heavy atom. The molecule has 1 atom stereocenters. The molecule has 2 aromatic carbocycles. The molecule has 1 unspecified atom stereocenters. The van der Waals surface area contributed by atoms with E-state index in [2.05, 4.69) is 47.5 Å². The van der Waals surface area contributed by atoms with Gasteiger partial charge in [-0.1, -0.05) is 42.5 Å². The number of piperidine rings is 1. The summed E-state index contributed by atoms with van der Waals surface area (Å²) in [6, 6.07) is 18.3. The van der Waals surface area contributed by atoms with E-state index in [4.69, 9.17) is 5.73 Å². The minimum absolute atomic E-state index is 0.242. The van der Waals surface area contributed by atoms with E-state index >= 15 is 0 Å². The number of phenolic OH excluding ortho intramolecular Hbond substituents is 1. The van der Waals surface area contributed by atoms with E-state index in [1.165, 1.54) is 11.1 Å². The van der Waals surface area contributed by atoms with E-state index in [1.54, 1.807) is 6.07 Å². The van der Waals surface area contributed by atoms with E-state index in [-0.39, 0.29) is 6.04 Å². The van der Waals surface area contributed by atoms with Gasteiger partial charge in [-0.2, -0.15) is 0 Å². The highest BCUT2D eigenvalue weighted by molar-refractivity contribution is 5.30. The van der Waals surface area contributed by atoms with Crippen molar-refractivity contribution in [2.75, 3.05) is 19.6 Å². The van der Waals surface area contributed by atoms with E-state index < -0.39 is 0 Å². The first-order valence-corrected chi connectivity index (χ1v) is 9.38. The van der Waals surface area contributed by atoms with Crippen molar-refractivity contribution in [1.82, 2.24) is 10.2 Å². The van der Waals surface area contributed by atoms with Gasteiger partial charge in [-0.05, 0) is 62.0 Å². The van der Waals surface area contributed by atoms with Crippen molar-refractivity contribution in [1.29, 1.82) is 0 Å². The fraction of sp³-hybridized carbons (Fsp3) is 0.364. The number of aromatic hydroxyl groups is 1. The van der Waals surface area contributed by atoms with Gasteiger partial charge in [-0.3, -0.25) is 4.90 Å². The summed E-state index contributed by atoms with van der Waals surface area (Å²) >= 11 is 0. The predicted octanol–water partition coefficient (Wildman–Crippen LogP) is 3.72.